The third-order valence-electron chi connectivity index (χ3n) is 5.75. The molecule has 2 amide bonds. The van der Waals surface area contributed by atoms with Gasteiger partial charge in [0, 0.05) is 32.0 Å². The minimum absolute atomic E-state index is 0.0807. The van der Waals surface area contributed by atoms with E-state index in [9.17, 15) is 9.59 Å². The number of nitrogens with zero attached hydrogens (tertiary/aromatic N) is 1. The van der Waals surface area contributed by atoms with Crippen LogP contribution in [0.4, 0.5) is 0 Å². The maximum atomic E-state index is 12.7. The lowest BCUT2D eigenvalue weighted by Crippen LogP contribution is -2.36. The molecular formula is C25H42N2O2. The first-order chi connectivity index (χ1) is 14.0. The third kappa shape index (κ3) is 11.1. The third-order valence-corrected chi connectivity index (χ3v) is 5.75. The molecule has 0 aliphatic rings. The summed E-state index contributed by atoms with van der Waals surface area (Å²) in [6.07, 6.45) is 7.54. The van der Waals surface area contributed by atoms with E-state index in [1.165, 1.54) is 12.0 Å². The topological polar surface area (TPSA) is 49.4 Å². The Bertz CT molecular complexity index is 573. The number of amides is 2. The molecule has 0 aromatic heterocycles. The Balaban J connectivity index is 2.37. The van der Waals surface area contributed by atoms with Gasteiger partial charge >= 0.3 is 0 Å². The normalized spacial score (nSPS) is 13.0. The zero-order valence-corrected chi connectivity index (χ0v) is 19.1. The van der Waals surface area contributed by atoms with Gasteiger partial charge < -0.3 is 10.2 Å². The summed E-state index contributed by atoms with van der Waals surface area (Å²) in [6.45, 7) is 10.7. The van der Waals surface area contributed by atoms with Gasteiger partial charge in [-0.25, -0.2) is 0 Å². The van der Waals surface area contributed by atoms with E-state index in [2.05, 4.69) is 38.2 Å². The van der Waals surface area contributed by atoms with E-state index in [0.717, 1.165) is 45.1 Å². The molecule has 1 rings (SSSR count). The van der Waals surface area contributed by atoms with Gasteiger partial charge in [-0.05, 0) is 37.2 Å². The molecule has 0 bridgehead atoms. The summed E-state index contributed by atoms with van der Waals surface area (Å²) in [7, 11) is 0. The van der Waals surface area contributed by atoms with E-state index in [1.807, 2.05) is 30.0 Å². The molecule has 1 N–H and O–H groups in total. The van der Waals surface area contributed by atoms with E-state index in [-0.39, 0.29) is 17.7 Å². The van der Waals surface area contributed by atoms with Crippen molar-refractivity contribution in [3.8, 4) is 0 Å². The molecule has 0 aliphatic heterocycles. The van der Waals surface area contributed by atoms with E-state index in [0.29, 0.717) is 25.4 Å². The standard InChI is InChI=1S/C25H42N2O2/c1-5-7-19-27(24(28)15-11-12-21(3)6-2)20-17-22(4)25(29)26-18-16-23-13-9-8-10-14-23/h8-10,13-14,21-22H,5-7,11-12,15-20H2,1-4H3,(H,26,29)/t21-,22?/m0/s1. The fraction of sp³-hybridized carbons (Fsp3) is 0.680. The maximum absolute atomic E-state index is 12.7. The molecule has 4 heteroatoms. The van der Waals surface area contributed by atoms with Crippen LogP contribution >= 0.6 is 0 Å². The monoisotopic (exact) mass is 402 g/mol. The van der Waals surface area contributed by atoms with E-state index >= 15 is 0 Å². The molecule has 0 aliphatic carbocycles. The molecule has 0 heterocycles. The predicted octanol–water partition coefficient (Wildman–Crippen LogP) is 5.22. The van der Waals surface area contributed by atoms with Crippen LogP contribution in [0.1, 0.15) is 78.2 Å². The quantitative estimate of drug-likeness (QED) is 0.437. The van der Waals surface area contributed by atoms with Gasteiger partial charge in [0.25, 0.3) is 0 Å². The molecule has 0 spiro atoms. The largest absolute Gasteiger partial charge is 0.356 e. The number of carbonyl (C=O) groups is 2. The van der Waals surface area contributed by atoms with Crippen molar-refractivity contribution >= 4 is 11.8 Å². The van der Waals surface area contributed by atoms with Gasteiger partial charge in [-0.2, -0.15) is 0 Å². The number of rotatable bonds is 15. The smallest absolute Gasteiger partial charge is 0.222 e. The van der Waals surface area contributed by atoms with Crippen molar-refractivity contribution in [1.82, 2.24) is 10.2 Å². The lowest BCUT2D eigenvalue weighted by atomic mass is 10.0. The fourth-order valence-corrected chi connectivity index (χ4v) is 3.30. The van der Waals surface area contributed by atoms with Crippen LogP contribution in [0.15, 0.2) is 30.3 Å². The number of unbranched alkanes of at least 4 members (excludes halogenated alkanes) is 1. The Kier molecular flexibility index (Phi) is 13.1. The van der Waals surface area contributed by atoms with E-state index in [1.54, 1.807) is 0 Å². The molecule has 0 saturated carbocycles. The molecule has 1 unspecified atom stereocenters. The molecule has 0 fully saturated rings. The number of nitrogens with one attached hydrogen (secondary N) is 1. The van der Waals surface area contributed by atoms with Gasteiger partial charge in [-0.15, -0.1) is 0 Å². The first-order valence-electron chi connectivity index (χ1n) is 11.6. The lowest BCUT2D eigenvalue weighted by Gasteiger charge is -2.24. The van der Waals surface area contributed by atoms with Gasteiger partial charge in [0.2, 0.25) is 11.8 Å². The van der Waals surface area contributed by atoms with Crippen molar-refractivity contribution in [2.45, 2.75) is 79.1 Å². The SMILES string of the molecule is CCCCN(CCC(C)C(=O)NCCc1ccccc1)C(=O)CCC[C@@H](C)CC. The number of hydrogen-bond acceptors (Lipinski definition) is 2. The summed E-state index contributed by atoms with van der Waals surface area (Å²) >= 11 is 0. The summed E-state index contributed by atoms with van der Waals surface area (Å²) in [5, 5.41) is 3.04. The summed E-state index contributed by atoms with van der Waals surface area (Å²) in [6, 6.07) is 10.2. The van der Waals surface area contributed by atoms with Crippen LogP contribution in [0.3, 0.4) is 0 Å². The Hall–Kier alpha value is -1.84. The highest BCUT2D eigenvalue weighted by Gasteiger charge is 2.18. The van der Waals surface area contributed by atoms with Crippen molar-refractivity contribution in [3.63, 3.8) is 0 Å². The highest BCUT2D eigenvalue weighted by molar-refractivity contribution is 5.78. The molecule has 2 atom stereocenters. The first kappa shape index (κ1) is 25.2. The molecule has 1 aromatic rings. The molecule has 29 heavy (non-hydrogen) atoms. The van der Waals surface area contributed by atoms with Gasteiger partial charge in [0.15, 0.2) is 0 Å². The van der Waals surface area contributed by atoms with E-state index < -0.39 is 0 Å². The van der Waals surface area contributed by atoms with Crippen LogP contribution in [-0.2, 0) is 16.0 Å². The Morgan fingerprint density at radius 2 is 1.72 bits per heavy atom. The summed E-state index contributed by atoms with van der Waals surface area (Å²) in [5.41, 5.74) is 1.23. The van der Waals surface area contributed by atoms with Crippen LogP contribution in [-0.4, -0.2) is 36.3 Å². The minimum Gasteiger partial charge on any atom is -0.356 e. The van der Waals surface area contributed by atoms with Gasteiger partial charge in [-0.3, -0.25) is 9.59 Å². The van der Waals surface area contributed by atoms with E-state index in [4.69, 9.17) is 0 Å². The molecule has 164 valence electrons. The Morgan fingerprint density at radius 3 is 2.38 bits per heavy atom. The summed E-state index contributed by atoms with van der Waals surface area (Å²) in [4.78, 5) is 27.0. The number of benzene rings is 1. The van der Waals surface area contributed by atoms with Gasteiger partial charge in [-0.1, -0.05) is 77.3 Å². The Morgan fingerprint density at radius 1 is 1.00 bits per heavy atom. The first-order valence-corrected chi connectivity index (χ1v) is 11.6. The van der Waals surface area contributed by atoms with Crippen molar-refractivity contribution in [3.05, 3.63) is 35.9 Å². The zero-order chi connectivity index (χ0) is 21.5. The molecule has 0 saturated heterocycles. The second-order valence-corrected chi connectivity index (χ2v) is 8.36. The number of carbonyl (C=O) groups excluding carboxylic acids is 2. The highest BCUT2D eigenvalue weighted by Crippen LogP contribution is 2.13. The van der Waals surface area contributed by atoms with Gasteiger partial charge in [0.1, 0.15) is 0 Å². The zero-order valence-electron chi connectivity index (χ0n) is 19.1. The minimum atomic E-state index is -0.0807. The lowest BCUT2D eigenvalue weighted by molar-refractivity contribution is -0.132. The van der Waals surface area contributed by atoms with Crippen molar-refractivity contribution in [2.24, 2.45) is 11.8 Å². The summed E-state index contributed by atoms with van der Waals surface area (Å²) < 4.78 is 0. The number of hydrogen-bond donors (Lipinski definition) is 1. The van der Waals surface area contributed by atoms with Crippen LogP contribution in [0, 0.1) is 11.8 Å². The second kappa shape index (κ2) is 15.1. The van der Waals surface area contributed by atoms with Crippen molar-refractivity contribution in [2.75, 3.05) is 19.6 Å². The van der Waals surface area contributed by atoms with Crippen molar-refractivity contribution in [1.29, 1.82) is 0 Å². The fourth-order valence-electron chi connectivity index (χ4n) is 3.30. The highest BCUT2D eigenvalue weighted by atomic mass is 16.2. The van der Waals surface area contributed by atoms with Crippen molar-refractivity contribution < 1.29 is 9.59 Å². The second-order valence-electron chi connectivity index (χ2n) is 8.36. The van der Waals surface area contributed by atoms with Crippen LogP contribution < -0.4 is 5.32 Å². The summed E-state index contributed by atoms with van der Waals surface area (Å²) in [5.74, 6) is 0.938. The molecule has 0 radical (unpaired) electrons. The average Bonchev–Trinajstić information content (AvgIpc) is 2.73. The molecule has 1 aromatic carbocycles. The Labute approximate surface area is 178 Å². The predicted molar refractivity (Wildman–Crippen MR) is 122 cm³/mol. The average molecular weight is 403 g/mol. The molecule has 4 nitrogen and oxygen atoms in total. The molecular weight excluding hydrogens is 360 g/mol. The van der Waals surface area contributed by atoms with Crippen LogP contribution in [0.25, 0.3) is 0 Å². The van der Waals surface area contributed by atoms with Crippen LogP contribution in [0.5, 0.6) is 0 Å². The van der Waals surface area contributed by atoms with Crippen LogP contribution in [0.2, 0.25) is 0 Å². The van der Waals surface area contributed by atoms with Gasteiger partial charge in [0.05, 0.1) is 0 Å². The maximum Gasteiger partial charge on any atom is 0.222 e.